The molecule has 9 nitrogen and oxygen atoms in total. The molecule has 0 heterocycles. The molecule has 0 saturated heterocycles. The number of methoxy groups -OCH3 is 3. The van der Waals surface area contributed by atoms with E-state index in [1.807, 2.05) is 0 Å². The molecule has 0 aliphatic rings. The molecule has 9 heteroatoms. The molecule has 2 N–H and O–H groups in total. The number of amides is 2. The van der Waals surface area contributed by atoms with Gasteiger partial charge in [-0.05, 0) is 55.3 Å². The van der Waals surface area contributed by atoms with Gasteiger partial charge in [0.2, 0.25) is 5.91 Å². The van der Waals surface area contributed by atoms with E-state index in [0.717, 1.165) is 11.1 Å². The van der Waals surface area contributed by atoms with E-state index in [0.29, 0.717) is 17.2 Å². The van der Waals surface area contributed by atoms with Crippen LogP contribution in [0.2, 0.25) is 0 Å². The first-order valence-corrected chi connectivity index (χ1v) is 10.6. The largest absolute Gasteiger partial charge is 0.497 e. The van der Waals surface area contributed by atoms with Crippen molar-refractivity contribution >= 4 is 23.9 Å². The highest BCUT2D eigenvalue weighted by Crippen LogP contribution is 2.27. The Balaban J connectivity index is 1.81. The highest BCUT2D eigenvalue weighted by Gasteiger charge is 2.22. The van der Waals surface area contributed by atoms with Crippen molar-refractivity contribution in [3.05, 3.63) is 59.7 Å². The van der Waals surface area contributed by atoms with Crippen molar-refractivity contribution in [2.24, 2.45) is 0 Å². The first kappa shape index (κ1) is 26.2. The zero-order valence-corrected chi connectivity index (χ0v) is 19.9. The Labute approximate surface area is 199 Å². The van der Waals surface area contributed by atoms with Gasteiger partial charge in [-0.1, -0.05) is 18.2 Å². The number of nitrogens with one attached hydrogen (secondary N) is 2. The summed E-state index contributed by atoms with van der Waals surface area (Å²) in [5.41, 5.74) is 1.58. The Kier molecular flexibility index (Phi) is 9.94. The van der Waals surface area contributed by atoms with Crippen LogP contribution in [0.3, 0.4) is 0 Å². The quantitative estimate of drug-likeness (QED) is 0.383. The number of ether oxygens (including phenoxy) is 4. The smallest absolute Gasteiger partial charge is 0.329 e. The first-order valence-electron chi connectivity index (χ1n) is 10.6. The molecule has 0 aromatic heterocycles. The molecule has 1 unspecified atom stereocenters. The van der Waals surface area contributed by atoms with Gasteiger partial charge in [0.25, 0.3) is 5.91 Å². The number of rotatable bonds is 11. The molecule has 2 atom stereocenters. The molecular weight excluding hydrogens is 440 g/mol. The molecule has 0 saturated carbocycles. The minimum Gasteiger partial charge on any atom is -0.497 e. The molecule has 0 radical (unpaired) electrons. The lowest BCUT2D eigenvalue weighted by atomic mass is 10.2. The van der Waals surface area contributed by atoms with Gasteiger partial charge >= 0.3 is 5.97 Å². The summed E-state index contributed by atoms with van der Waals surface area (Å²) in [5, 5.41) is 5.21. The molecule has 0 fully saturated rings. The SMILES string of the molecule is COc1ccc(/C=C/C(=O)N[C@@H](C)C(=O)OC(C)C(=O)NCc2ccc(OC)c(OC)c2)cc1. The fourth-order valence-electron chi connectivity index (χ4n) is 2.86. The van der Waals surface area contributed by atoms with E-state index in [4.69, 9.17) is 18.9 Å². The molecule has 2 aromatic carbocycles. The van der Waals surface area contributed by atoms with Crippen LogP contribution in [0, 0.1) is 0 Å². The van der Waals surface area contributed by atoms with Gasteiger partial charge in [0.1, 0.15) is 11.8 Å². The second-order valence-corrected chi connectivity index (χ2v) is 7.32. The average molecular weight is 471 g/mol. The van der Waals surface area contributed by atoms with Crippen LogP contribution >= 0.6 is 0 Å². The molecule has 0 aliphatic carbocycles. The summed E-state index contributed by atoms with van der Waals surface area (Å²) in [7, 11) is 4.63. The number of hydrogen-bond acceptors (Lipinski definition) is 7. The van der Waals surface area contributed by atoms with E-state index in [1.54, 1.807) is 55.7 Å². The van der Waals surface area contributed by atoms with Crippen molar-refractivity contribution < 1.29 is 33.3 Å². The van der Waals surface area contributed by atoms with Crippen molar-refractivity contribution in [2.45, 2.75) is 32.5 Å². The maximum atomic E-state index is 12.3. The summed E-state index contributed by atoms with van der Waals surface area (Å²) >= 11 is 0. The maximum absolute atomic E-state index is 12.3. The van der Waals surface area contributed by atoms with Crippen LogP contribution < -0.4 is 24.8 Å². The molecular formula is C25H30N2O7. The zero-order chi connectivity index (χ0) is 25.1. The third-order valence-corrected chi connectivity index (χ3v) is 4.83. The normalized spacial score (nSPS) is 12.4. The lowest BCUT2D eigenvalue weighted by Gasteiger charge is -2.17. The highest BCUT2D eigenvalue weighted by molar-refractivity contribution is 5.95. The molecule has 2 amide bonds. The minimum absolute atomic E-state index is 0.212. The van der Waals surface area contributed by atoms with Crippen molar-refractivity contribution in [3.8, 4) is 17.2 Å². The number of carbonyl (C=O) groups excluding carboxylic acids is 3. The number of esters is 1. The summed E-state index contributed by atoms with van der Waals surface area (Å²) in [6, 6.07) is 11.5. The molecule has 2 aromatic rings. The van der Waals surface area contributed by atoms with Crippen molar-refractivity contribution in [3.63, 3.8) is 0 Å². The first-order chi connectivity index (χ1) is 16.3. The molecule has 2 rings (SSSR count). The van der Waals surface area contributed by atoms with Gasteiger partial charge < -0.3 is 29.6 Å². The van der Waals surface area contributed by atoms with Crippen LogP contribution in [0.15, 0.2) is 48.5 Å². The zero-order valence-electron chi connectivity index (χ0n) is 19.9. The molecule has 182 valence electrons. The van der Waals surface area contributed by atoms with E-state index in [9.17, 15) is 14.4 Å². The fraction of sp³-hybridized carbons (Fsp3) is 0.320. The van der Waals surface area contributed by atoms with Gasteiger partial charge in [-0.25, -0.2) is 4.79 Å². The Bertz CT molecular complexity index is 1020. The Morgan fingerprint density at radius 2 is 1.59 bits per heavy atom. The van der Waals surface area contributed by atoms with Crippen molar-refractivity contribution in [1.29, 1.82) is 0 Å². The fourth-order valence-corrected chi connectivity index (χ4v) is 2.86. The van der Waals surface area contributed by atoms with Crippen LogP contribution in [0.1, 0.15) is 25.0 Å². The van der Waals surface area contributed by atoms with E-state index < -0.39 is 29.9 Å². The molecule has 0 aliphatic heterocycles. The monoisotopic (exact) mass is 470 g/mol. The van der Waals surface area contributed by atoms with Gasteiger partial charge in [0, 0.05) is 12.6 Å². The van der Waals surface area contributed by atoms with Crippen LogP contribution in [-0.2, 0) is 25.7 Å². The third kappa shape index (κ3) is 7.84. The van der Waals surface area contributed by atoms with Gasteiger partial charge in [-0.3, -0.25) is 9.59 Å². The highest BCUT2D eigenvalue weighted by atomic mass is 16.5. The molecule has 0 spiro atoms. The Hall–Kier alpha value is -4.01. The lowest BCUT2D eigenvalue weighted by Crippen LogP contribution is -2.43. The van der Waals surface area contributed by atoms with Crippen LogP contribution in [0.25, 0.3) is 6.08 Å². The number of carbonyl (C=O) groups is 3. The maximum Gasteiger partial charge on any atom is 0.329 e. The third-order valence-electron chi connectivity index (χ3n) is 4.83. The predicted molar refractivity (Wildman–Crippen MR) is 127 cm³/mol. The Morgan fingerprint density at radius 1 is 0.912 bits per heavy atom. The second-order valence-electron chi connectivity index (χ2n) is 7.32. The van der Waals surface area contributed by atoms with E-state index in [1.165, 1.54) is 34.1 Å². The summed E-state index contributed by atoms with van der Waals surface area (Å²) < 4.78 is 20.7. The van der Waals surface area contributed by atoms with Crippen molar-refractivity contribution in [1.82, 2.24) is 10.6 Å². The van der Waals surface area contributed by atoms with Gasteiger partial charge in [0.15, 0.2) is 17.6 Å². The standard InChI is InChI=1S/C25H30N2O7/c1-16(27-23(28)13-9-18-6-10-20(31-3)11-7-18)25(30)34-17(2)24(29)26-15-19-8-12-21(32-4)22(14-19)33-5/h6-14,16-17H,15H2,1-5H3,(H,26,29)(H,27,28)/b13-9+/t16-,17?/m0/s1. The Morgan fingerprint density at radius 3 is 2.21 bits per heavy atom. The summed E-state index contributed by atoms with van der Waals surface area (Å²) in [6.07, 6.45) is 1.88. The van der Waals surface area contributed by atoms with Gasteiger partial charge in [-0.2, -0.15) is 0 Å². The van der Waals surface area contributed by atoms with Crippen LogP contribution in [0.5, 0.6) is 17.2 Å². The summed E-state index contributed by atoms with van der Waals surface area (Å²) in [6.45, 7) is 3.15. The van der Waals surface area contributed by atoms with Crippen LogP contribution in [0.4, 0.5) is 0 Å². The average Bonchev–Trinajstić information content (AvgIpc) is 2.85. The minimum atomic E-state index is -1.04. The number of benzene rings is 2. The van der Waals surface area contributed by atoms with E-state index in [-0.39, 0.29) is 6.54 Å². The summed E-state index contributed by atoms with van der Waals surface area (Å²) in [4.78, 5) is 36.7. The number of hydrogen-bond donors (Lipinski definition) is 2. The molecule has 0 bridgehead atoms. The molecule has 34 heavy (non-hydrogen) atoms. The second kappa shape index (κ2) is 12.9. The van der Waals surface area contributed by atoms with Gasteiger partial charge in [-0.15, -0.1) is 0 Å². The predicted octanol–water partition coefficient (Wildman–Crippen LogP) is 2.48. The van der Waals surface area contributed by atoms with Gasteiger partial charge in [0.05, 0.1) is 21.3 Å². The lowest BCUT2D eigenvalue weighted by molar-refractivity contribution is -0.157. The summed E-state index contributed by atoms with van der Waals surface area (Å²) in [5.74, 6) is 0.167. The van der Waals surface area contributed by atoms with Crippen molar-refractivity contribution in [2.75, 3.05) is 21.3 Å². The van der Waals surface area contributed by atoms with E-state index >= 15 is 0 Å². The topological polar surface area (TPSA) is 112 Å². The van der Waals surface area contributed by atoms with Crippen LogP contribution in [-0.4, -0.2) is 51.3 Å². The van der Waals surface area contributed by atoms with E-state index in [2.05, 4.69) is 10.6 Å².